The van der Waals surface area contributed by atoms with Gasteiger partial charge in [-0.3, -0.25) is 10.1 Å². The third kappa shape index (κ3) is 3.37. The maximum Gasteiger partial charge on any atom is 0.339 e. The largest absolute Gasteiger partial charge is 0.452 e. The average molecular weight is 310 g/mol. The summed E-state index contributed by atoms with van der Waals surface area (Å²) in [7, 11) is 0. The third-order valence-electron chi connectivity index (χ3n) is 3.23. The number of nitrogens with one attached hydrogen (secondary N) is 1. The standard InChI is InChI=1S/C17H14N2O4/c1-11-9-16(23-19-11)18-15(20)10-22-17(21)14-8-4-6-12-5-2-3-7-13(12)14/h2-9H,10H2,1H3,(H,18,20). The van der Waals surface area contributed by atoms with Crippen molar-refractivity contribution in [1.29, 1.82) is 0 Å². The van der Waals surface area contributed by atoms with Crippen molar-refractivity contribution in [2.24, 2.45) is 0 Å². The van der Waals surface area contributed by atoms with Gasteiger partial charge in [0.15, 0.2) is 6.61 Å². The molecule has 23 heavy (non-hydrogen) atoms. The molecule has 1 heterocycles. The van der Waals surface area contributed by atoms with Gasteiger partial charge >= 0.3 is 5.97 Å². The summed E-state index contributed by atoms with van der Waals surface area (Å²) in [6.07, 6.45) is 0. The van der Waals surface area contributed by atoms with Gasteiger partial charge in [0, 0.05) is 6.07 Å². The van der Waals surface area contributed by atoms with Gasteiger partial charge in [-0.15, -0.1) is 0 Å². The van der Waals surface area contributed by atoms with Crippen molar-refractivity contribution in [3.05, 3.63) is 59.8 Å². The highest BCUT2D eigenvalue weighted by Gasteiger charge is 2.14. The Bertz CT molecular complexity index is 864. The summed E-state index contributed by atoms with van der Waals surface area (Å²) in [5.74, 6) is -0.825. The Hall–Kier alpha value is -3.15. The second kappa shape index (κ2) is 6.31. The molecule has 6 heteroatoms. The maximum atomic E-state index is 12.2. The molecule has 116 valence electrons. The first-order valence-electron chi connectivity index (χ1n) is 7.01. The number of ether oxygens (including phenoxy) is 1. The van der Waals surface area contributed by atoms with Gasteiger partial charge in [0.25, 0.3) is 5.91 Å². The van der Waals surface area contributed by atoms with Crippen LogP contribution in [0.3, 0.4) is 0 Å². The van der Waals surface area contributed by atoms with Crippen molar-refractivity contribution in [1.82, 2.24) is 5.16 Å². The number of benzene rings is 2. The number of carbonyl (C=O) groups is 2. The Labute approximate surface area is 132 Å². The number of nitrogens with zero attached hydrogens (tertiary/aromatic N) is 1. The van der Waals surface area contributed by atoms with Crippen molar-refractivity contribution in [2.45, 2.75) is 6.92 Å². The minimum absolute atomic E-state index is 0.216. The van der Waals surface area contributed by atoms with E-state index in [1.165, 1.54) is 0 Å². The summed E-state index contributed by atoms with van der Waals surface area (Å²) in [4.78, 5) is 23.9. The molecule has 0 aliphatic carbocycles. The molecule has 6 nitrogen and oxygen atoms in total. The molecule has 2 aromatic carbocycles. The van der Waals surface area contributed by atoms with Crippen molar-refractivity contribution >= 4 is 28.5 Å². The third-order valence-corrected chi connectivity index (χ3v) is 3.23. The number of aryl methyl sites for hydroxylation is 1. The smallest absolute Gasteiger partial charge is 0.339 e. The van der Waals surface area contributed by atoms with E-state index >= 15 is 0 Å². The predicted octanol–water partition coefficient (Wildman–Crippen LogP) is 2.93. The van der Waals surface area contributed by atoms with E-state index in [1.807, 2.05) is 30.3 Å². The molecule has 1 aromatic heterocycles. The lowest BCUT2D eigenvalue weighted by Crippen LogP contribution is -2.20. The van der Waals surface area contributed by atoms with Crippen LogP contribution in [0.2, 0.25) is 0 Å². The summed E-state index contributed by atoms with van der Waals surface area (Å²) in [5, 5.41) is 7.83. The zero-order chi connectivity index (χ0) is 16.2. The van der Waals surface area contributed by atoms with Crippen LogP contribution in [0.5, 0.6) is 0 Å². The van der Waals surface area contributed by atoms with E-state index in [0.29, 0.717) is 11.3 Å². The molecule has 0 unspecified atom stereocenters. The fourth-order valence-electron chi connectivity index (χ4n) is 2.21. The highest BCUT2D eigenvalue weighted by molar-refractivity contribution is 6.05. The molecule has 0 aliphatic heterocycles. The van der Waals surface area contributed by atoms with Gasteiger partial charge in [0.05, 0.1) is 11.3 Å². The van der Waals surface area contributed by atoms with Gasteiger partial charge in [0.1, 0.15) is 0 Å². The Kier molecular flexibility index (Phi) is 4.05. The van der Waals surface area contributed by atoms with E-state index < -0.39 is 18.5 Å². The lowest BCUT2D eigenvalue weighted by atomic mass is 10.1. The van der Waals surface area contributed by atoms with Gasteiger partial charge in [-0.25, -0.2) is 4.79 Å². The molecular formula is C17H14N2O4. The van der Waals surface area contributed by atoms with Gasteiger partial charge in [0.2, 0.25) is 5.88 Å². The molecule has 3 rings (SSSR count). The summed E-state index contributed by atoms with van der Waals surface area (Å²) in [6.45, 7) is 1.33. The Morgan fingerprint density at radius 1 is 1.17 bits per heavy atom. The second-order valence-electron chi connectivity index (χ2n) is 4.98. The number of rotatable bonds is 4. The van der Waals surface area contributed by atoms with E-state index in [0.717, 1.165) is 10.8 Å². The highest BCUT2D eigenvalue weighted by Crippen LogP contribution is 2.19. The van der Waals surface area contributed by atoms with Crippen LogP contribution in [0, 0.1) is 6.92 Å². The fourth-order valence-corrected chi connectivity index (χ4v) is 2.21. The van der Waals surface area contributed by atoms with Crippen LogP contribution in [-0.2, 0) is 9.53 Å². The van der Waals surface area contributed by atoms with E-state index in [4.69, 9.17) is 9.26 Å². The van der Waals surface area contributed by atoms with Crippen molar-refractivity contribution in [2.75, 3.05) is 11.9 Å². The fraction of sp³-hybridized carbons (Fsp3) is 0.118. The monoisotopic (exact) mass is 310 g/mol. The number of hydrogen-bond acceptors (Lipinski definition) is 5. The zero-order valence-corrected chi connectivity index (χ0v) is 12.4. The average Bonchev–Trinajstić information content (AvgIpc) is 2.97. The molecule has 0 fully saturated rings. The first-order chi connectivity index (χ1) is 11.1. The number of aromatic nitrogens is 1. The molecule has 1 N–H and O–H groups in total. The summed E-state index contributed by atoms with van der Waals surface area (Å²) >= 11 is 0. The van der Waals surface area contributed by atoms with Gasteiger partial charge < -0.3 is 9.26 Å². The van der Waals surface area contributed by atoms with Crippen LogP contribution in [0.4, 0.5) is 5.88 Å². The van der Waals surface area contributed by atoms with E-state index in [2.05, 4.69) is 10.5 Å². The number of esters is 1. The number of carbonyl (C=O) groups excluding carboxylic acids is 2. The van der Waals surface area contributed by atoms with E-state index in [9.17, 15) is 9.59 Å². The lowest BCUT2D eigenvalue weighted by Gasteiger charge is -2.07. The number of hydrogen-bond donors (Lipinski definition) is 1. The normalized spacial score (nSPS) is 10.5. The quantitative estimate of drug-likeness (QED) is 0.749. The molecule has 0 radical (unpaired) electrons. The first-order valence-corrected chi connectivity index (χ1v) is 7.01. The SMILES string of the molecule is Cc1cc(NC(=O)COC(=O)c2cccc3ccccc23)on1. The maximum absolute atomic E-state index is 12.2. The van der Waals surface area contributed by atoms with Crippen LogP contribution >= 0.6 is 0 Å². The van der Waals surface area contributed by atoms with Crippen LogP contribution < -0.4 is 5.32 Å². The molecule has 3 aromatic rings. The van der Waals surface area contributed by atoms with Crippen LogP contribution in [0.15, 0.2) is 53.1 Å². The number of fused-ring (bicyclic) bond motifs is 1. The van der Waals surface area contributed by atoms with Crippen molar-refractivity contribution in [3.8, 4) is 0 Å². The van der Waals surface area contributed by atoms with Gasteiger partial charge in [-0.05, 0) is 23.8 Å². The molecule has 0 saturated carbocycles. The number of amides is 1. The van der Waals surface area contributed by atoms with Gasteiger partial charge in [-0.2, -0.15) is 0 Å². The molecule has 0 aliphatic rings. The van der Waals surface area contributed by atoms with Crippen LogP contribution in [0.1, 0.15) is 16.1 Å². The Balaban J connectivity index is 1.65. The molecule has 0 atom stereocenters. The summed E-state index contributed by atoms with van der Waals surface area (Å²) in [5.41, 5.74) is 1.07. The second-order valence-corrected chi connectivity index (χ2v) is 4.98. The molecular weight excluding hydrogens is 296 g/mol. The van der Waals surface area contributed by atoms with Crippen LogP contribution in [-0.4, -0.2) is 23.6 Å². The molecule has 0 saturated heterocycles. The van der Waals surface area contributed by atoms with Crippen molar-refractivity contribution < 1.29 is 18.8 Å². The van der Waals surface area contributed by atoms with E-state index in [1.54, 1.807) is 25.1 Å². The minimum Gasteiger partial charge on any atom is -0.452 e. The summed E-state index contributed by atoms with van der Waals surface area (Å²) in [6, 6.07) is 14.4. The minimum atomic E-state index is -0.550. The highest BCUT2D eigenvalue weighted by atomic mass is 16.5. The topological polar surface area (TPSA) is 81.4 Å². The van der Waals surface area contributed by atoms with Crippen LogP contribution in [0.25, 0.3) is 10.8 Å². The van der Waals surface area contributed by atoms with Crippen molar-refractivity contribution in [3.63, 3.8) is 0 Å². The zero-order valence-electron chi connectivity index (χ0n) is 12.4. The molecule has 0 bridgehead atoms. The van der Waals surface area contributed by atoms with Gasteiger partial charge in [-0.1, -0.05) is 41.6 Å². The molecule has 0 spiro atoms. The predicted molar refractivity (Wildman–Crippen MR) is 84.1 cm³/mol. The lowest BCUT2D eigenvalue weighted by molar-refractivity contribution is -0.119. The first kappa shape index (κ1) is 14.8. The number of anilines is 1. The molecule has 1 amide bonds. The van der Waals surface area contributed by atoms with E-state index in [-0.39, 0.29) is 5.88 Å². The Morgan fingerprint density at radius 2 is 1.96 bits per heavy atom. The Morgan fingerprint density at radius 3 is 2.74 bits per heavy atom. The summed E-state index contributed by atoms with van der Waals surface area (Å²) < 4.78 is 9.93.